The van der Waals surface area contributed by atoms with Crippen LogP contribution in [0.25, 0.3) is 0 Å². The number of thioether (sulfide) groups is 1. The molecule has 1 aromatic carbocycles. The third-order valence-electron chi connectivity index (χ3n) is 4.06. The van der Waals surface area contributed by atoms with Crippen molar-refractivity contribution >= 4 is 34.2 Å². The lowest BCUT2D eigenvalue weighted by Gasteiger charge is -2.23. The van der Waals surface area contributed by atoms with Crippen molar-refractivity contribution in [1.29, 1.82) is 0 Å². The van der Waals surface area contributed by atoms with E-state index in [9.17, 15) is 9.90 Å². The molecule has 0 radical (unpaired) electrons. The molecule has 0 atom stereocenters. The molecule has 0 saturated heterocycles. The summed E-state index contributed by atoms with van der Waals surface area (Å²) in [5, 5.41) is 18.2. The van der Waals surface area contributed by atoms with Gasteiger partial charge in [-0.2, -0.15) is 5.10 Å². The molecule has 0 fully saturated rings. The van der Waals surface area contributed by atoms with Crippen molar-refractivity contribution in [3.05, 3.63) is 34.0 Å². The van der Waals surface area contributed by atoms with Crippen LogP contribution in [0.3, 0.4) is 0 Å². The minimum absolute atomic E-state index is 0.142. The van der Waals surface area contributed by atoms with Crippen LogP contribution in [0.15, 0.2) is 22.3 Å². The summed E-state index contributed by atoms with van der Waals surface area (Å²) in [4.78, 5) is 18.2. The average Bonchev–Trinajstić information content (AvgIpc) is 3.00. The molecule has 0 spiro atoms. The van der Waals surface area contributed by atoms with Gasteiger partial charge >= 0.3 is 0 Å². The number of nitrogens with zero attached hydrogens (tertiary/aromatic N) is 3. The molecule has 138 valence electrons. The van der Waals surface area contributed by atoms with Gasteiger partial charge in [-0.15, -0.1) is 0 Å². The number of aryl methyl sites for hydroxylation is 1. The molecule has 2 heterocycles. The zero-order valence-electron chi connectivity index (χ0n) is 14.6. The van der Waals surface area contributed by atoms with Gasteiger partial charge in [0.05, 0.1) is 23.5 Å². The van der Waals surface area contributed by atoms with E-state index in [0.717, 1.165) is 28.6 Å². The van der Waals surface area contributed by atoms with Crippen molar-refractivity contribution in [2.45, 2.75) is 31.7 Å². The minimum atomic E-state index is -0.316. The first-order valence-corrected chi connectivity index (χ1v) is 9.20. The monoisotopic (exact) mass is 395 g/mol. The number of fused-ring (bicyclic) bond motifs is 1. The second-order valence-electron chi connectivity index (χ2n) is 5.59. The molecular weight excluding hydrogens is 378 g/mol. The molecule has 2 aromatic rings. The van der Waals surface area contributed by atoms with Gasteiger partial charge in [-0.3, -0.25) is 4.79 Å². The summed E-state index contributed by atoms with van der Waals surface area (Å²) in [7, 11) is 1.48. The second kappa shape index (κ2) is 7.59. The van der Waals surface area contributed by atoms with Crippen LogP contribution in [0, 0.1) is 6.92 Å². The van der Waals surface area contributed by atoms with E-state index in [0.29, 0.717) is 35.2 Å². The Kier molecular flexibility index (Phi) is 5.43. The van der Waals surface area contributed by atoms with Crippen LogP contribution < -0.4 is 4.74 Å². The molecule has 1 aliphatic rings. The van der Waals surface area contributed by atoms with Crippen molar-refractivity contribution in [2.24, 2.45) is 5.16 Å². The number of carbonyl (C=O) groups is 1. The Morgan fingerprint density at radius 2 is 2.35 bits per heavy atom. The Morgan fingerprint density at radius 3 is 3.00 bits per heavy atom. The van der Waals surface area contributed by atoms with E-state index >= 15 is 0 Å². The Labute approximate surface area is 159 Å². The van der Waals surface area contributed by atoms with Crippen LogP contribution in [0.5, 0.6) is 11.6 Å². The number of aromatic hydroxyl groups is 1. The fourth-order valence-corrected chi connectivity index (χ4v) is 3.99. The van der Waals surface area contributed by atoms with E-state index in [1.807, 2.05) is 13.8 Å². The molecule has 26 heavy (non-hydrogen) atoms. The summed E-state index contributed by atoms with van der Waals surface area (Å²) in [5.41, 5.74) is 2.45. The maximum Gasteiger partial charge on any atom is 0.231 e. The summed E-state index contributed by atoms with van der Waals surface area (Å²) in [5.74, 6) is 0.404. The Hall–Kier alpha value is -2.19. The van der Waals surface area contributed by atoms with Gasteiger partial charge in [0.1, 0.15) is 18.4 Å². The SMILES string of the molecule is CCn1ncc(C(=O)Sc2cc(Cl)c3c(c2C)C(=NOC)CCO3)c1O. The summed E-state index contributed by atoms with van der Waals surface area (Å²) < 4.78 is 7.04. The molecule has 3 rings (SSSR count). The number of carbonyl (C=O) groups excluding carboxylic acids is 1. The van der Waals surface area contributed by atoms with Crippen molar-refractivity contribution in [3.8, 4) is 11.6 Å². The molecule has 7 nitrogen and oxygen atoms in total. The lowest BCUT2D eigenvalue weighted by atomic mass is 9.99. The van der Waals surface area contributed by atoms with Crippen molar-refractivity contribution in [2.75, 3.05) is 13.7 Å². The summed E-state index contributed by atoms with van der Waals surface area (Å²) in [6.45, 7) is 4.64. The fraction of sp³-hybridized carbons (Fsp3) is 0.353. The predicted octanol–water partition coefficient (Wildman–Crippen LogP) is 3.64. The first kappa shape index (κ1) is 18.6. The average molecular weight is 396 g/mol. The molecule has 1 N–H and O–H groups in total. The van der Waals surface area contributed by atoms with E-state index in [-0.39, 0.29) is 16.6 Å². The highest BCUT2D eigenvalue weighted by molar-refractivity contribution is 8.14. The normalized spacial score (nSPS) is 14.8. The number of rotatable bonds is 4. The van der Waals surface area contributed by atoms with Crippen molar-refractivity contribution in [1.82, 2.24) is 9.78 Å². The highest BCUT2D eigenvalue weighted by Crippen LogP contribution is 2.41. The topological polar surface area (TPSA) is 85.9 Å². The minimum Gasteiger partial charge on any atom is -0.493 e. The smallest absolute Gasteiger partial charge is 0.231 e. The maximum absolute atomic E-state index is 12.6. The van der Waals surface area contributed by atoms with Crippen LogP contribution in [0.2, 0.25) is 5.02 Å². The van der Waals surface area contributed by atoms with Gasteiger partial charge in [-0.25, -0.2) is 4.68 Å². The molecule has 9 heteroatoms. The molecule has 1 aromatic heterocycles. The molecule has 0 saturated carbocycles. The van der Waals surface area contributed by atoms with E-state index in [1.165, 1.54) is 18.0 Å². The third-order valence-corrected chi connectivity index (χ3v) is 5.39. The number of hydrogen-bond acceptors (Lipinski definition) is 7. The van der Waals surface area contributed by atoms with Gasteiger partial charge in [0, 0.05) is 23.4 Å². The lowest BCUT2D eigenvalue weighted by Crippen LogP contribution is -2.18. The van der Waals surface area contributed by atoms with Crippen LogP contribution in [0.1, 0.15) is 34.8 Å². The van der Waals surface area contributed by atoms with Crippen LogP contribution in [-0.4, -0.2) is 39.4 Å². The number of oxime groups is 1. The predicted molar refractivity (Wildman–Crippen MR) is 99.6 cm³/mol. The molecular formula is C17H18ClN3O4S. The molecule has 1 aliphatic heterocycles. The zero-order chi connectivity index (χ0) is 18.8. The summed E-state index contributed by atoms with van der Waals surface area (Å²) >= 11 is 7.34. The standard InChI is InChI=1S/C17H18ClN3O4S/c1-4-21-16(22)10(8-19-21)17(23)26-13-7-11(18)15-14(9(13)2)12(20-24-3)5-6-25-15/h7-8,22H,4-6H2,1-3H3. The fourth-order valence-electron chi connectivity index (χ4n) is 2.78. The number of halogens is 1. The number of benzene rings is 1. The van der Waals surface area contributed by atoms with E-state index < -0.39 is 0 Å². The highest BCUT2D eigenvalue weighted by atomic mass is 35.5. The maximum atomic E-state index is 12.6. The number of aromatic nitrogens is 2. The second-order valence-corrected chi connectivity index (χ2v) is 7.01. The summed E-state index contributed by atoms with van der Waals surface area (Å²) in [6, 6.07) is 1.69. The Balaban J connectivity index is 2.00. The Morgan fingerprint density at radius 1 is 1.58 bits per heavy atom. The molecule has 0 amide bonds. The first-order valence-electron chi connectivity index (χ1n) is 8.01. The van der Waals surface area contributed by atoms with Crippen molar-refractivity contribution in [3.63, 3.8) is 0 Å². The first-order chi connectivity index (χ1) is 12.5. The van der Waals surface area contributed by atoms with Crippen LogP contribution in [-0.2, 0) is 11.4 Å². The van der Waals surface area contributed by atoms with Gasteiger partial charge in [0.2, 0.25) is 11.0 Å². The third kappa shape index (κ3) is 3.26. The molecule has 0 bridgehead atoms. The van der Waals surface area contributed by atoms with E-state index in [2.05, 4.69) is 10.3 Å². The van der Waals surface area contributed by atoms with Crippen LogP contribution in [0.4, 0.5) is 0 Å². The van der Waals surface area contributed by atoms with Gasteiger partial charge < -0.3 is 14.7 Å². The van der Waals surface area contributed by atoms with Crippen LogP contribution >= 0.6 is 23.4 Å². The van der Waals surface area contributed by atoms with Gasteiger partial charge in [-0.05, 0) is 37.2 Å². The molecule has 0 unspecified atom stereocenters. The number of hydrogen-bond donors (Lipinski definition) is 1. The lowest BCUT2D eigenvalue weighted by molar-refractivity contribution is 0.108. The van der Waals surface area contributed by atoms with Gasteiger partial charge in [0.25, 0.3) is 0 Å². The van der Waals surface area contributed by atoms with Gasteiger partial charge in [-0.1, -0.05) is 16.8 Å². The van der Waals surface area contributed by atoms with Gasteiger partial charge in [0.15, 0.2) is 0 Å². The highest BCUT2D eigenvalue weighted by Gasteiger charge is 2.27. The quantitative estimate of drug-likeness (QED) is 0.628. The zero-order valence-corrected chi connectivity index (χ0v) is 16.1. The van der Waals surface area contributed by atoms with E-state index in [4.69, 9.17) is 21.2 Å². The largest absolute Gasteiger partial charge is 0.493 e. The summed E-state index contributed by atoms with van der Waals surface area (Å²) in [6.07, 6.45) is 1.95. The molecule has 0 aliphatic carbocycles. The van der Waals surface area contributed by atoms with Crippen molar-refractivity contribution < 1.29 is 19.5 Å². The van der Waals surface area contributed by atoms with E-state index in [1.54, 1.807) is 6.07 Å². The Bertz CT molecular complexity index is 895. The number of ether oxygens (including phenoxy) is 1.